The molecule has 0 spiro atoms. The molecule has 0 unspecified atom stereocenters. The van der Waals surface area contributed by atoms with Gasteiger partial charge in [0.05, 0.1) is 33.7 Å². The van der Waals surface area contributed by atoms with E-state index in [1.165, 1.54) is 42.2 Å². The molecule has 3 aromatic rings. The van der Waals surface area contributed by atoms with Crippen molar-refractivity contribution in [3.63, 3.8) is 0 Å². The molecule has 0 saturated heterocycles. The molecule has 1 fully saturated rings. The van der Waals surface area contributed by atoms with Crippen LogP contribution in [0.4, 0.5) is 5.69 Å². The molecule has 1 aromatic heterocycles. The van der Waals surface area contributed by atoms with Crippen LogP contribution in [0.1, 0.15) is 67.8 Å². The third-order valence-corrected chi connectivity index (χ3v) is 7.32. The molecule has 0 bridgehead atoms. The third kappa shape index (κ3) is 6.53. The summed E-state index contributed by atoms with van der Waals surface area (Å²) in [7, 11) is 0. The second-order valence-electron chi connectivity index (χ2n) is 10.0. The summed E-state index contributed by atoms with van der Waals surface area (Å²) < 4.78 is 0. The SMILES string of the molecule is CCCc1ccc(-c2c[nH]c(C(=NC3CCCCC3)/C(=C\N)C(N)=Nc3cc(C)ccc3Cl)c2)c(C)c1. The number of H-pyrrole nitrogens is 1. The highest BCUT2D eigenvalue weighted by Crippen LogP contribution is 2.29. The summed E-state index contributed by atoms with van der Waals surface area (Å²) >= 11 is 6.41. The smallest absolute Gasteiger partial charge is 0.135 e. The molecule has 6 heteroatoms. The molecule has 5 N–H and O–H groups in total. The number of aryl methyl sites for hydroxylation is 3. The Hall–Kier alpha value is -3.31. The monoisotopic (exact) mass is 515 g/mol. The lowest BCUT2D eigenvalue weighted by Crippen LogP contribution is -2.25. The van der Waals surface area contributed by atoms with Gasteiger partial charge in [-0.05, 0) is 73.6 Å². The van der Waals surface area contributed by atoms with Gasteiger partial charge in [0.25, 0.3) is 0 Å². The van der Waals surface area contributed by atoms with E-state index in [-0.39, 0.29) is 6.04 Å². The third-order valence-electron chi connectivity index (χ3n) is 7.01. The maximum Gasteiger partial charge on any atom is 0.135 e. The lowest BCUT2D eigenvalue weighted by Gasteiger charge is -2.20. The maximum atomic E-state index is 6.56. The molecule has 0 amide bonds. The molecule has 5 nitrogen and oxygen atoms in total. The van der Waals surface area contributed by atoms with Gasteiger partial charge in [-0.15, -0.1) is 0 Å². The summed E-state index contributed by atoms with van der Waals surface area (Å²) in [5.74, 6) is 0.292. The van der Waals surface area contributed by atoms with Gasteiger partial charge < -0.3 is 16.5 Å². The lowest BCUT2D eigenvalue weighted by molar-refractivity contribution is 0.443. The van der Waals surface area contributed by atoms with E-state index in [2.05, 4.69) is 48.1 Å². The van der Waals surface area contributed by atoms with Crippen molar-refractivity contribution in [1.29, 1.82) is 0 Å². The van der Waals surface area contributed by atoms with Crippen molar-refractivity contribution in [2.45, 2.75) is 71.8 Å². The Morgan fingerprint density at radius 3 is 2.57 bits per heavy atom. The molecule has 4 rings (SSSR count). The minimum atomic E-state index is 0.232. The molecule has 0 atom stereocenters. The standard InChI is InChI=1S/C31H38ClN5/c1-4-8-22-12-13-25(21(3)16-22)23-17-29(35-19-23)30(36-24-9-6-5-7-10-24)26(18-33)31(34)37-28-15-20(2)11-14-27(28)32/h11-19,24,35H,4-10,33H2,1-3H3,(H2,34,37)/b26-18+,36-30?. The van der Waals surface area contributed by atoms with Gasteiger partial charge in [-0.2, -0.15) is 0 Å². The molecular formula is C31H38ClN5. The van der Waals surface area contributed by atoms with Crippen LogP contribution in [-0.4, -0.2) is 22.6 Å². The fourth-order valence-corrected chi connectivity index (χ4v) is 5.20. The van der Waals surface area contributed by atoms with Crippen LogP contribution < -0.4 is 11.5 Å². The van der Waals surface area contributed by atoms with Gasteiger partial charge in [0.1, 0.15) is 5.84 Å². The van der Waals surface area contributed by atoms with E-state index in [1.807, 2.05) is 31.3 Å². The largest absolute Gasteiger partial charge is 0.404 e. The van der Waals surface area contributed by atoms with Crippen LogP contribution in [-0.2, 0) is 6.42 Å². The van der Waals surface area contributed by atoms with Crippen molar-refractivity contribution in [3.8, 4) is 11.1 Å². The molecule has 194 valence electrons. The number of nitrogens with one attached hydrogen (secondary N) is 1. The van der Waals surface area contributed by atoms with E-state index in [1.54, 1.807) is 0 Å². The van der Waals surface area contributed by atoms with Gasteiger partial charge in [0, 0.05) is 18.0 Å². The Balaban J connectivity index is 1.74. The van der Waals surface area contributed by atoms with Gasteiger partial charge in [0.15, 0.2) is 0 Å². The van der Waals surface area contributed by atoms with E-state index in [0.29, 0.717) is 22.1 Å². The van der Waals surface area contributed by atoms with E-state index >= 15 is 0 Å². The van der Waals surface area contributed by atoms with E-state index in [4.69, 9.17) is 28.1 Å². The average molecular weight is 516 g/mol. The Labute approximate surface area is 225 Å². The van der Waals surface area contributed by atoms with Crippen molar-refractivity contribution in [2.75, 3.05) is 0 Å². The first-order valence-electron chi connectivity index (χ1n) is 13.3. The second kappa shape index (κ2) is 12.3. The van der Waals surface area contributed by atoms with Crippen LogP contribution in [0, 0.1) is 13.8 Å². The van der Waals surface area contributed by atoms with Gasteiger partial charge in [-0.25, -0.2) is 4.99 Å². The molecule has 1 aliphatic rings. The highest BCUT2D eigenvalue weighted by molar-refractivity contribution is 6.34. The highest BCUT2D eigenvalue weighted by atomic mass is 35.5. The number of aromatic amines is 1. The molecule has 1 aliphatic carbocycles. The molecule has 1 heterocycles. The van der Waals surface area contributed by atoms with Crippen molar-refractivity contribution >= 4 is 28.8 Å². The summed E-state index contributed by atoms with van der Waals surface area (Å²) in [6.07, 6.45) is 11.5. The maximum absolute atomic E-state index is 6.56. The first-order chi connectivity index (χ1) is 17.9. The molecule has 37 heavy (non-hydrogen) atoms. The Kier molecular flexibility index (Phi) is 8.88. The zero-order valence-corrected chi connectivity index (χ0v) is 22.9. The Morgan fingerprint density at radius 1 is 1.08 bits per heavy atom. The summed E-state index contributed by atoms with van der Waals surface area (Å²) in [6, 6.07) is 14.8. The number of amidine groups is 1. The van der Waals surface area contributed by atoms with E-state index in [0.717, 1.165) is 48.2 Å². The second-order valence-corrected chi connectivity index (χ2v) is 10.4. The van der Waals surface area contributed by atoms with Crippen LogP contribution in [0.25, 0.3) is 11.1 Å². The number of benzene rings is 2. The lowest BCUT2D eigenvalue weighted by atomic mass is 9.95. The fourth-order valence-electron chi connectivity index (χ4n) is 5.04. The summed E-state index contributed by atoms with van der Waals surface area (Å²) in [4.78, 5) is 13.3. The fraction of sp³-hybridized carbons (Fsp3) is 0.355. The molecule has 0 aliphatic heterocycles. The Bertz CT molecular complexity index is 1330. The predicted octanol–water partition coefficient (Wildman–Crippen LogP) is 7.56. The van der Waals surface area contributed by atoms with Crippen molar-refractivity contribution in [3.05, 3.63) is 87.8 Å². The topological polar surface area (TPSA) is 92.5 Å². The number of hydrogen-bond donors (Lipinski definition) is 3. The first-order valence-corrected chi connectivity index (χ1v) is 13.7. The zero-order valence-electron chi connectivity index (χ0n) is 22.2. The van der Waals surface area contributed by atoms with E-state index < -0.39 is 0 Å². The Morgan fingerprint density at radius 2 is 1.86 bits per heavy atom. The number of aliphatic imine (C=N–C) groups is 2. The molecular weight excluding hydrogens is 478 g/mol. The van der Waals surface area contributed by atoms with Crippen LogP contribution in [0.3, 0.4) is 0 Å². The van der Waals surface area contributed by atoms with Gasteiger partial charge in [-0.3, -0.25) is 4.99 Å². The average Bonchev–Trinajstić information content (AvgIpc) is 3.37. The number of nitrogens with zero attached hydrogens (tertiary/aromatic N) is 2. The van der Waals surface area contributed by atoms with Crippen molar-refractivity contribution < 1.29 is 0 Å². The first kappa shape index (κ1) is 26.7. The minimum absolute atomic E-state index is 0.232. The summed E-state index contributed by atoms with van der Waals surface area (Å²) in [5, 5.41) is 0.542. The van der Waals surface area contributed by atoms with Crippen molar-refractivity contribution in [1.82, 2.24) is 4.98 Å². The number of hydrogen-bond acceptors (Lipinski definition) is 3. The quantitative estimate of drug-likeness (QED) is 0.213. The number of halogens is 1. The summed E-state index contributed by atoms with van der Waals surface area (Å²) in [6.45, 7) is 6.37. The summed E-state index contributed by atoms with van der Waals surface area (Å²) in [5.41, 5.74) is 21.6. The van der Waals surface area contributed by atoms with Crippen LogP contribution in [0.2, 0.25) is 5.02 Å². The zero-order chi connectivity index (χ0) is 26.4. The van der Waals surface area contributed by atoms with Crippen LogP contribution in [0.5, 0.6) is 0 Å². The number of aromatic nitrogens is 1. The number of rotatable bonds is 8. The van der Waals surface area contributed by atoms with Gasteiger partial charge in [0.2, 0.25) is 0 Å². The van der Waals surface area contributed by atoms with Gasteiger partial charge in [-0.1, -0.05) is 68.5 Å². The minimum Gasteiger partial charge on any atom is -0.404 e. The normalized spacial score (nSPS) is 15.8. The molecule has 2 aromatic carbocycles. The van der Waals surface area contributed by atoms with E-state index in [9.17, 15) is 0 Å². The predicted molar refractivity (Wildman–Crippen MR) is 158 cm³/mol. The molecule has 1 saturated carbocycles. The van der Waals surface area contributed by atoms with Crippen LogP contribution in [0.15, 0.2) is 70.4 Å². The van der Waals surface area contributed by atoms with Gasteiger partial charge >= 0.3 is 0 Å². The van der Waals surface area contributed by atoms with Crippen LogP contribution >= 0.6 is 11.6 Å². The number of nitrogens with two attached hydrogens (primary N) is 2. The highest BCUT2D eigenvalue weighted by Gasteiger charge is 2.21. The molecule has 0 radical (unpaired) electrons. The van der Waals surface area contributed by atoms with Crippen molar-refractivity contribution in [2.24, 2.45) is 21.5 Å².